The Hall–Kier alpha value is -3.40. The van der Waals surface area contributed by atoms with E-state index in [1.54, 1.807) is 43.3 Å². The highest BCUT2D eigenvalue weighted by atomic mass is 79.9. The minimum absolute atomic E-state index is 0.148. The lowest BCUT2D eigenvalue weighted by atomic mass is 10.1. The van der Waals surface area contributed by atoms with Crippen molar-refractivity contribution in [1.82, 2.24) is 4.90 Å². The molecule has 0 atom stereocenters. The lowest BCUT2D eigenvalue weighted by Gasteiger charge is -2.19. The van der Waals surface area contributed by atoms with Gasteiger partial charge in [-0.2, -0.15) is 5.10 Å². The molecule has 2 amide bonds. The summed E-state index contributed by atoms with van der Waals surface area (Å²) in [6.45, 7) is 3.00. The third-order valence-electron chi connectivity index (χ3n) is 5.13. The Morgan fingerprint density at radius 2 is 1.76 bits per heavy atom. The van der Waals surface area contributed by atoms with Gasteiger partial charge in [0.05, 0.1) is 23.4 Å². The molecule has 33 heavy (non-hydrogen) atoms. The summed E-state index contributed by atoms with van der Waals surface area (Å²) in [5, 5.41) is 4.24. The molecule has 2 aliphatic heterocycles. The zero-order chi connectivity index (χ0) is 23.4. The van der Waals surface area contributed by atoms with Gasteiger partial charge in [-0.05, 0) is 41.4 Å². The molecule has 2 heterocycles. The summed E-state index contributed by atoms with van der Waals surface area (Å²) in [6, 6.07) is 10.2. The van der Waals surface area contributed by atoms with Gasteiger partial charge >= 0.3 is 5.97 Å². The van der Waals surface area contributed by atoms with Gasteiger partial charge in [-0.15, -0.1) is 0 Å². The first-order valence-corrected chi connectivity index (χ1v) is 11.3. The van der Waals surface area contributed by atoms with E-state index in [0.29, 0.717) is 52.4 Å². The SMILES string of the molecule is CCOC(=O)/C(CCCN1C(=O)c2ccccc2C1=O)=N/Nc1cc2c(cc1Br)OCCO2. The molecule has 1 N–H and O–H groups in total. The second-order valence-corrected chi connectivity index (χ2v) is 8.13. The monoisotopic (exact) mass is 515 g/mol. The van der Waals surface area contributed by atoms with Crippen LogP contribution in [0.3, 0.4) is 0 Å². The number of hydrazone groups is 1. The molecule has 0 radical (unpaired) electrons. The van der Waals surface area contributed by atoms with E-state index >= 15 is 0 Å². The largest absolute Gasteiger partial charge is 0.486 e. The summed E-state index contributed by atoms with van der Waals surface area (Å²) in [5.74, 6) is -0.0344. The maximum absolute atomic E-state index is 12.5. The molecule has 0 unspecified atom stereocenters. The van der Waals surface area contributed by atoms with Crippen LogP contribution in [-0.4, -0.2) is 54.8 Å². The molecule has 2 aliphatic rings. The van der Waals surface area contributed by atoms with Gasteiger partial charge in [-0.1, -0.05) is 12.1 Å². The maximum atomic E-state index is 12.5. The molecule has 2 aromatic rings. The minimum atomic E-state index is -0.568. The highest BCUT2D eigenvalue weighted by Crippen LogP contribution is 2.38. The van der Waals surface area contributed by atoms with E-state index in [2.05, 4.69) is 26.5 Å². The Bertz CT molecular complexity index is 1100. The first-order chi connectivity index (χ1) is 16.0. The predicted octanol–water partition coefficient (Wildman–Crippen LogP) is 3.63. The number of hydrogen-bond donors (Lipinski definition) is 1. The molecule has 0 bridgehead atoms. The highest BCUT2D eigenvalue weighted by Gasteiger charge is 2.34. The number of ether oxygens (including phenoxy) is 3. The van der Waals surface area contributed by atoms with Crippen LogP contribution in [0.1, 0.15) is 40.5 Å². The van der Waals surface area contributed by atoms with E-state index in [-0.39, 0.29) is 37.1 Å². The Balaban J connectivity index is 1.44. The number of imide groups is 1. The number of fused-ring (bicyclic) bond motifs is 2. The van der Waals surface area contributed by atoms with Crippen LogP contribution in [0.15, 0.2) is 46.0 Å². The number of esters is 1. The van der Waals surface area contributed by atoms with Crippen LogP contribution < -0.4 is 14.9 Å². The van der Waals surface area contributed by atoms with Crippen LogP contribution in [0.25, 0.3) is 0 Å². The number of hydrogen-bond acceptors (Lipinski definition) is 8. The number of benzene rings is 2. The molecule has 0 aromatic heterocycles. The highest BCUT2D eigenvalue weighted by molar-refractivity contribution is 9.10. The van der Waals surface area contributed by atoms with Crippen molar-refractivity contribution < 1.29 is 28.6 Å². The van der Waals surface area contributed by atoms with Crippen LogP contribution in [0.2, 0.25) is 0 Å². The summed E-state index contributed by atoms with van der Waals surface area (Å²) < 4.78 is 16.9. The Morgan fingerprint density at radius 3 is 2.39 bits per heavy atom. The average molecular weight is 516 g/mol. The lowest BCUT2D eigenvalue weighted by molar-refractivity contribution is -0.135. The van der Waals surface area contributed by atoms with Crippen LogP contribution in [0.5, 0.6) is 11.5 Å². The van der Waals surface area contributed by atoms with Crippen molar-refractivity contribution in [2.75, 3.05) is 31.8 Å². The van der Waals surface area contributed by atoms with Gasteiger partial charge in [0.2, 0.25) is 0 Å². The zero-order valence-electron chi connectivity index (χ0n) is 17.9. The number of rotatable bonds is 8. The van der Waals surface area contributed by atoms with Gasteiger partial charge in [-0.25, -0.2) is 4.79 Å². The molecule has 0 spiro atoms. The standard InChI is InChI=1S/C23H22BrN3O6/c1-2-31-23(30)17(25-26-18-13-20-19(12-16(18)24)32-10-11-33-20)8-5-9-27-21(28)14-6-3-4-7-15(14)22(27)29/h3-4,6-7,12-13,26H,2,5,8-11H2,1H3/b25-17+. The molecule has 0 saturated heterocycles. The van der Waals surface area contributed by atoms with E-state index in [0.717, 1.165) is 0 Å². The fourth-order valence-electron chi connectivity index (χ4n) is 3.54. The van der Waals surface area contributed by atoms with Crippen LogP contribution >= 0.6 is 15.9 Å². The van der Waals surface area contributed by atoms with E-state index in [4.69, 9.17) is 14.2 Å². The molecule has 9 nitrogen and oxygen atoms in total. The number of carbonyl (C=O) groups excluding carboxylic acids is 3. The predicted molar refractivity (Wildman–Crippen MR) is 124 cm³/mol. The van der Waals surface area contributed by atoms with Crippen LogP contribution in [-0.2, 0) is 9.53 Å². The van der Waals surface area contributed by atoms with E-state index in [9.17, 15) is 14.4 Å². The number of carbonyl (C=O) groups is 3. The molecule has 10 heteroatoms. The van der Waals surface area contributed by atoms with Gasteiger partial charge in [0, 0.05) is 29.6 Å². The number of nitrogens with zero attached hydrogens (tertiary/aromatic N) is 2. The average Bonchev–Trinajstić information content (AvgIpc) is 3.06. The summed E-state index contributed by atoms with van der Waals surface area (Å²) in [4.78, 5) is 38.7. The zero-order valence-corrected chi connectivity index (χ0v) is 19.5. The van der Waals surface area contributed by atoms with Gasteiger partial charge in [0.15, 0.2) is 11.5 Å². The molecule has 4 rings (SSSR count). The van der Waals surface area contributed by atoms with Crippen LogP contribution in [0.4, 0.5) is 5.69 Å². The molecular weight excluding hydrogens is 494 g/mol. The molecule has 0 saturated carbocycles. The molecular formula is C23H22BrN3O6. The van der Waals surface area contributed by atoms with Crippen LogP contribution in [0, 0.1) is 0 Å². The van der Waals surface area contributed by atoms with Crippen molar-refractivity contribution in [3.05, 3.63) is 52.0 Å². The Kier molecular flexibility index (Phi) is 6.93. The Morgan fingerprint density at radius 1 is 1.12 bits per heavy atom. The second-order valence-electron chi connectivity index (χ2n) is 7.28. The fourth-order valence-corrected chi connectivity index (χ4v) is 3.95. The number of halogens is 1. The summed E-state index contributed by atoms with van der Waals surface area (Å²) in [5.41, 5.74) is 4.39. The fraction of sp³-hybridized carbons (Fsp3) is 0.304. The first-order valence-electron chi connectivity index (χ1n) is 10.5. The van der Waals surface area contributed by atoms with Crippen molar-refractivity contribution in [1.29, 1.82) is 0 Å². The van der Waals surface area contributed by atoms with Crippen molar-refractivity contribution in [3.8, 4) is 11.5 Å². The number of amides is 2. The topological polar surface area (TPSA) is 107 Å². The van der Waals surface area contributed by atoms with E-state index in [1.165, 1.54) is 4.90 Å². The first kappa shape index (κ1) is 22.8. The lowest BCUT2D eigenvalue weighted by Crippen LogP contribution is -2.31. The molecule has 0 aliphatic carbocycles. The third kappa shape index (κ3) is 4.85. The summed E-state index contributed by atoms with van der Waals surface area (Å²) in [6.07, 6.45) is 0.564. The van der Waals surface area contributed by atoms with Gasteiger partial charge < -0.3 is 14.2 Å². The number of nitrogens with one attached hydrogen (secondary N) is 1. The molecule has 0 fully saturated rings. The van der Waals surface area contributed by atoms with E-state index in [1.807, 2.05) is 0 Å². The smallest absolute Gasteiger partial charge is 0.354 e. The second kappa shape index (κ2) is 10.0. The van der Waals surface area contributed by atoms with Crippen molar-refractivity contribution in [3.63, 3.8) is 0 Å². The third-order valence-corrected chi connectivity index (χ3v) is 5.78. The quantitative estimate of drug-likeness (QED) is 0.247. The van der Waals surface area contributed by atoms with Gasteiger partial charge in [-0.3, -0.25) is 19.9 Å². The van der Waals surface area contributed by atoms with E-state index < -0.39 is 5.97 Å². The van der Waals surface area contributed by atoms with Crippen molar-refractivity contribution in [2.24, 2.45) is 5.10 Å². The number of anilines is 1. The summed E-state index contributed by atoms with van der Waals surface area (Å²) >= 11 is 3.45. The van der Waals surface area contributed by atoms with Gasteiger partial charge in [0.25, 0.3) is 11.8 Å². The minimum Gasteiger partial charge on any atom is -0.486 e. The van der Waals surface area contributed by atoms with Crippen molar-refractivity contribution >= 4 is 45.1 Å². The van der Waals surface area contributed by atoms with Gasteiger partial charge in [0.1, 0.15) is 18.9 Å². The summed E-state index contributed by atoms with van der Waals surface area (Å²) in [7, 11) is 0. The molecule has 172 valence electrons. The molecule has 2 aromatic carbocycles. The Labute approximate surface area is 198 Å². The normalized spacial score (nSPS) is 14.8. The maximum Gasteiger partial charge on any atom is 0.354 e. The van der Waals surface area contributed by atoms with Crippen molar-refractivity contribution in [2.45, 2.75) is 19.8 Å².